The molecule has 0 aromatic carbocycles. The summed E-state index contributed by atoms with van der Waals surface area (Å²) in [5.41, 5.74) is 2.33. The number of carboxylic acids is 1. The molecule has 0 saturated heterocycles. The number of Topliss-reactive ketones (excluding diaryl/α,β-unsaturated/α-hetero) is 1. The highest BCUT2D eigenvalue weighted by Crippen LogP contribution is 2.61. The summed E-state index contributed by atoms with van der Waals surface area (Å²) in [5.74, 6) is -0.421. The van der Waals surface area contributed by atoms with Crippen molar-refractivity contribution in [2.24, 2.45) is 10.8 Å². The van der Waals surface area contributed by atoms with E-state index in [1.165, 1.54) is 5.57 Å². The number of carboxylic acid groups (broad SMARTS) is 1. The fraction of sp³-hybridized carbons (Fsp3) is 0.647. The standard InChI is InChI=1S/C17H22O3/c1-11-12-6-10-17(15(19)20)8-4-3-5-14(17)16(12,2)9-7-13(11)18/h5H,3-4,6-10H2,1-2H3,(H,19,20)/t16-,17-/m0/s1. The van der Waals surface area contributed by atoms with Crippen LogP contribution in [0, 0.1) is 10.8 Å². The van der Waals surface area contributed by atoms with E-state index in [0.29, 0.717) is 12.8 Å². The number of hydrogen-bond acceptors (Lipinski definition) is 2. The molecule has 0 aromatic rings. The molecular weight excluding hydrogens is 252 g/mol. The molecule has 3 nitrogen and oxygen atoms in total. The van der Waals surface area contributed by atoms with Gasteiger partial charge in [0.15, 0.2) is 5.78 Å². The Morgan fingerprint density at radius 2 is 2.00 bits per heavy atom. The Labute approximate surface area is 119 Å². The Balaban J connectivity index is 2.18. The first-order valence-corrected chi connectivity index (χ1v) is 7.60. The number of carbonyl (C=O) groups excluding carboxylic acids is 1. The van der Waals surface area contributed by atoms with Gasteiger partial charge in [0.1, 0.15) is 0 Å². The zero-order chi connectivity index (χ0) is 14.5. The lowest BCUT2D eigenvalue weighted by molar-refractivity contribution is -0.149. The number of aliphatic carboxylic acids is 1. The molecule has 108 valence electrons. The van der Waals surface area contributed by atoms with Crippen LogP contribution in [0.25, 0.3) is 0 Å². The summed E-state index contributed by atoms with van der Waals surface area (Å²) in [6.45, 7) is 4.08. The topological polar surface area (TPSA) is 54.4 Å². The molecule has 20 heavy (non-hydrogen) atoms. The van der Waals surface area contributed by atoms with Gasteiger partial charge in [0.05, 0.1) is 5.41 Å². The quantitative estimate of drug-likeness (QED) is 0.743. The van der Waals surface area contributed by atoms with Crippen LogP contribution in [0.1, 0.15) is 58.8 Å². The number of ketones is 1. The van der Waals surface area contributed by atoms with Crippen LogP contribution in [-0.2, 0) is 9.59 Å². The molecule has 1 fully saturated rings. The van der Waals surface area contributed by atoms with Gasteiger partial charge in [-0.05, 0) is 56.6 Å². The predicted molar refractivity (Wildman–Crippen MR) is 76.3 cm³/mol. The van der Waals surface area contributed by atoms with Gasteiger partial charge in [-0.15, -0.1) is 0 Å². The van der Waals surface area contributed by atoms with Crippen molar-refractivity contribution in [2.45, 2.75) is 58.8 Å². The average molecular weight is 274 g/mol. The van der Waals surface area contributed by atoms with Crippen molar-refractivity contribution in [3.63, 3.8) is 0 Å². The fourth-order valence-corrected chi connectivity index (χ4v) is 4.71. The summed E-state index contributed by atoms with van der Waals surface area (Å²) in [6, 6.07) is 0. The van der Waals surface area contributed by atoms with Crippen LogP contribution in [0.2, 0.25) is 0 Å². The minimum absolute atomic E-state index is 0.199. The minimum atomic E-state index is -0.669. The van der Waals surface area contributed by atoms with E-state index in [-0.39, 0.29) is 11.2 Å². The van der Waals surface area contributed by atoms with Crippen molar-refractivity contribution in [3.05, 3.63) is 22.8 Å². The van der Waals surface area contributed by atoms with E-state index in [2.05, 4.69) is 13.0 Å². The number of allylic oxidation sites excluding steroid dienone is 3. The third kappa shape index (κ3) is 1.58. The zero-order valence-corrected chi connectivity index (χ0v) is 12.3. The lowest BCUT2D eigenvalue weighted by Gasteiger charge is -2.52. The highest BCUT2D eigenvalue weighted by Gasteiger charge is 2.55. The van der Waals surface area contributed by atoms with Crippen molar-refractivity contribution in [1.82, 2.24) is 0 Å². The lowest BCUT2D eigenvalue weighted by atomic mass is 9.50. The van der Waals surface area contributed by atoms with Gasteiger partial charge >= 0.3 is 5.97 Å². The molecule has 3 aliphatic rings. The molecule has 2 atom stereocenters. The largest absolute Gasteiger partial charge is 0.481 e. The molecule has 3 aliphatic carbocycles. The predicted octanol–water partition coefficient (Wildman–Crippen LogP) is 3.65. The molecule has 3 rings (SSSR count). The first-order chi connectivity index (χ1) is 9.42. The summed E-state index contributed by atoms with van der Waals surface area (Å²) >= 11 is 0. The van der Waals surface area contributed by atoms with Crippen LogP contribution < -0.4 is 0 Å². The van der Waals surface area contributed by atoms with Crippen LogP contribution in [0.15, 0.2) is 22.8 Å². The van der Waals surface area contributed by atoms with Crippen LogP contribution in [0.3, 0.4) is 0 Å². The van der Waals surface area contributed by atoms with Crippen LogP contribution in [-0.4, -0.2) is 16.9 Å². The highest BCUT2D eigenvalue weighted by atomic mass is 16.4. The lowest BCUT2D eigenvalue weighted by Crippen LogP contribution is -2.47. The van der Waals surface area contributed by atoms with Crippen molar-refractivity contribution in [2.75, 3.05) is 0 Å². The molecule has 0 heterocycles. The Hall–Kier alpha value is -1.38. The average Bonchev–Trinajstić information content (AvgIpc) is 2.43. The van der Waals surface area contributed by atoms with Gasteiger partial charge in [0.25, 0.3) is 0 Å². The van der Waals surface area contributed by atoms with E-state index in [9.17, 15) is 14.7 Å². The highest BCUT2D eigenvalue weighted by molar-refractivity contribution is 5.97. The number of rotatable bonds is 1. The second-order valence-corrected chi connectivity index (χ2v) is 6.76. The molecule has 0 bridgehead atoms. The third-order valence-electron chi connectivity index (χ3n) is 5.87. The summed E-state index contributed by atoms with van der Waals surface area (Å²) in [6.07, 6.45) is 7.60. The molecule has 1 saturated carbocycles. The number of hydrogen-bond donors (Lipinski definition) is 1. The summed E-state index contributed by atoms with van der Waals surface area (Å²) in [5, 5.41) is 9.82. The normalized spacial score (nSPS) is 37.1. The summed E-state index contributed by atoms with van der Waals surface area (Å²) < 4.78 is 0. The molecule has 1 N–H and O–H groups in total. The van der Waals surface area contributed by atoms with Crippen molar-refractivity contribution in [1.29, 1.82) is 0 Å². The Bertz CT molecular complexity index is 555. The maximum absolute atomic E-state index is 12.0. The van der Waals surface area contributed by atoms with E-state index >= 15 is 0 Å². The van der Waals surface area contributed by atoms with Gasteiger partial charge in [0.2, 0.25) is 0 Å². The maximum Gasteiger partial charge on any atom is 0.313 e. The third-order valence-corrected chi connectivity index (χ3v) is 5.87. The summed E-state index contributed by atoms with van der Waals surface area (Å²) in [7, 11) is 0. The molecular formula is C17H22O3. The first-order valence-electron chi connectivity index (χ1n) is 7.60. The molecule has 3 heteroatoms. The Morgan fingerprint density at radius 1 is 1.25 bits per heavy atom. The van der Waals surface area contributed by atoms with Crippen LogP contribution in [0.5, 0.6) is 0 Å². The van der Waals surface area contributed by atoms with Gasteiger partial charge in [0, 0.05) is 11.8 Å². The fourth-order valence-electron chi connectivity index (χ4n) is 4.71. The molecule has 0 amide bonds. The molecule has 0 aromatic heterocycles. The Kier molecular flexibility index (Phi) is 2.93. The molecule has 0 unspecified atom stereocenters. The van der Waals surface area contributed by atoms with E-state index in [1.807, 2.05) is 6.92 Å². The molecule has 0 spiro atoms. The number of carbonyl (C=O) groups is 2. The van der Waals surface area contributed by atoms with E-state index in [4.69, 9.17) is 0 Å². The first kappa shape index (κ1) is 13.6. The zero-order valence-electron chi connectivity index (χ0n) is 12.3. The van der Waals surface area contributed by atoms with Gasteiger partial charge in [-0.1, -0.05) is 18.6 Å². The van der Waals surface area contributed by atoms with Crippen LogP contribution >= 0.6 is 0 Å². The Morgan fingerprint density at radius 3 is 2.70 bits per heavy atom. The van der Waals surface area contributed by atoms with Gasteiger partial charge in [-0.3, -0.25) is 9.59 Å². The molecule has 0 radical (unpaired) electrons. The minimum Gasteiger partial charge on any atom is -0.481 e. The number of fused-ring (bicyclic) bond motifs is 3. The van der Waals surface area contributed by atoms with Crippen molar-refractivity contribution < 1.29 is 14.7 Å². The molecule has 0 aliphatic heterocycles. The second kappa shape index (κ2) is 4.31. The SMILES string of the molecule is CC1=C2CC[C@@]3(C(=O)O)CCCC=C3[C@@]2(C)CCC1=O. The monoisotopic (exact) mass is 274 g/mol. The van der Waals surface area contributed by atoms with Crippen molar-refractivity contribution >= 4 is 11.8 Å². The second-order valence-electron chi connectivity index (χ2n) is 6.76. The van der Waals surface area contributed by atoms with Gasteiger partial charge in [-0.25, -0.2) is 0 Å². The van der Waals surface area contributed by atoms with Crippen LogP contribution in [0.4, 0.5) is 0 Å². The van der Waals surface area contributed by atoms with E-state index < -0.39 is 11.4 Å². The maximum atomic E-state index is 12.0. The summed E-state index contributed by atoms with van der Waals surface area (Å²) in [4.78, 5) is 23.9. The van der Waals surface area contributed by atoms with Gasteiger partial charge < -0.3 is 5.11 Å². The van der Waals surface area contributed by atoms with E-state index in [0.717, 1.165) is 43.3 Å². The van der Waals surface area contributed by atoms with Gasteiger partial charge in [-0.2, -0.15) is 0 Å². The van der Waals surface area contributed by atoms with Crippen molar-refractivity contribution in [3.8, 4) is 0 Å². The van der Waals surface area contributed by atoms with E-state index in [1.54, 1.807) is 0 Å². The smallest absolute Gasteiger partial charge is 0.313 e.